The van der Waals surface area contributed by atoms with Gasteiger partial charge < -0.3 is 0 Å². The minimum absolute atomic E-state index is 0.413. The topological polar surface area (TPSA) is 24.7 Å². The monoisotopic (exact) mass is 370 g/mol. The molecular weight excluding hydrogens is 362 g/mol. The molecule has 0 radical (unpaired) electrons. The predicted octanol–water partition coefficient (Wildman–Crippen LogP) is 4.50. The highest BCUT2D eigenvalue weighted by Gasteiger charge is 2.84. The molecule has 0 aromatic heterocycles. The van der Waals surface area contributed by atoms with E-state index in [9.17, 15) is 26.3 Å². The molecule has 0 saturated heterocycles. The molecule has 2 unspecified atom stereocenters. The smallest absolute Gasteiger partial charge is 0.252 e. The molecule has 2 heterocycles. The first-order chi connectivity index (χ1) is 10.4. The van der Waals surface area contributed by atoms with Crippen LogP contribution in [0.25, 0.3) is 0 Å². The van der Waals surface area contributed by atoms with Gasteiger partial charge in [-0.3, -0.25) is 9.98 Å². The molecule has 124 valence electrons. The SMILES string of the molecule is CC12SC=NC1=C1C(=C3N=CSC32C)C(F)(F)C(F)(F)C1(F)F. The fourth-order valence-electron chi connectivity index (χ4n) is 3.37. The standard InChI is InChI=1S/C13H8F6N2S2/c1-9-7(20-3-22-9)5-6(8-10(9,2)23-4-21-8)12(16,17)13(18,19)11(5,14)15/h3-4H,1-2H3. The van der Waals surface area contributed by atoms with Crippen molar-refractivity contribution in [3.8, 4) is 0 Å². The lowest BCUT2D eigenvalue weighted by Crippen LogP contribution is -2.48. The second kappa shape index (κ2) is 3.84. The lowest BCUT2D eigenvalue weighted by molar-refractivity contribution is -0.258. The molecule has 0 spiro atoms. The molecule has 2 atom stereocenters. The van der Waals surface area contributed by atoms with Crippen LogP contribution in [0.4, 0.5) is 26.3 Å². The van der Waals surface area contributed by atoms with Gasteiger partial charge in [0.2, 0.25) is 0 Å². The van der Waals surface area contributed by atoms with Crippen LogP contribution in [-0.2, 0) is 0 Å². The van der Waals surface area contributed by atoms with E-state index in [2.05, 4.69) is 9.98 Å². The lowest BCUT2D eigenvalue weighted by Gasteiger charge is -2.44. The maximum atomic E-state index is 14.3. The summed E-state index contributed by atoms with van der Waals surface area (Å²) in [4.78, 5) is 7.54. The Bertz CT molecular complexity index is 706. The molecule has 2 aliphatic heterocycles. The normalized spacial score (nSPS) is 41.4. The van der Waals surface area contributed by atoms with Gasteiger partial charge in [0.15, 0.2) is 0 Å². The molecule has 23 heavy (non-hydrogen) atoms. The first kappa shape index (κ1) is 15.6. The van der Waals surface area contributed by atoms with Crippen molar-refractivity contribution in [1.82, 2.24) is 0 Å². The number of nitrogens with zero attached hydrogens (tertiary/aromatic N) is 2. The lowest BCUT2D eigenvalue weighted by atomic mass is 9.77. The summed E-state index contributed by atoms with van der Waals surface area (Å²) in [6.07, 6.45) is 0. The number of thioether (sulfide) groups is 2. The Kier molecular flexibility index (Phi) is 2.61. The molecule has 4 aliphatic rings. The van der Waals surface area contributed by atoms with Crippen LogP contribution in [0.5, 0.6) is 0 Å². The number of hydrogen-bond acceptors (Lipinski definition) is 4. The largest absolute Gasteiger partial charge is 0.380 e. The zero-order valence-electron chi connectivity index (χ0n) is 11.6. The summed E-state index contributed by atoms with van der Waals surface area (Å²) in [5.41, 5.74) is -1.10. The van der Waals surface area contributed by atoms with Crippen molar-refractivity contribution in [2.24, 2.45) is 9.98 Å². The van der Waals surface area contributed by atoms with E-state index in [1.807, 2.05) is 0 Å². The fourth-order valence-corrected chi connectivity index (χ4v) is 5.57. The summed E-state index contributed by atoms with van der Waals surface area (Å²) >= 11 is 2.09. The Labute approximate surface area is 135 Å². The minimum atomic E-state index is -5.53. The highest BCUT2D eigenvalue weighted by atomic mass is 32.2. The average Bonchev–Trinajstić information content (AvgIpc) is 3.02. The van der Waals surface area contributed by atoms with Gasteiger partial charge in [0.1, 0.15) is 0 Å². The number of aliphatic imine (C=N–C) groups is 2. The van der Waals surface area contributed by atoms with Crippen molar-refractivity contribution in [1.29, 1.82) is 0 Å². The summed E-state index contributed by atoms with van der Waals surface area (Å²) in [6, 6.07) is 0. The van der Waals surface area contributed by atoms with Crippen LogP contribution in [0.3, 0.4) is 0 Å². The summed E-state index contributed by atoms with van der Waals surface area (Å²) < 4.78 is 82.5. The Morgan fingerprint density at radius 2 is 1.09 bits per heavy atom. The molecule has 4 rings (SSSR count). The highest BCUT2D eigenvalue weighted by molar-refractivity contribution is 8.17. The fraction of sp³-hybridized carbons (Fsp3) is 0.538. The second-order valence-electron chi connectivity index (χ2n) is 5.94. The van der Waals surface area contributed by atoms with Gasteiger partial charge in [-0.05, 0) is 13.8 Å². The van der Waals surface area contributed by atoms with E-state index >= 15 is 0 Å². The van der Waals surface area contributed by atoms with E-state index in [-0.39, 0.29) is 0 Å². The van der Waals surface area contributed by atoms with Crippen LogP contribution < -0.4 is 0 Å². The summed E-state index contributed by atoms with van der Waals surface area (Å²) in [5.74, 6) is -15.5. The van der Waals surface area contributed by atoms with Crippen molar-refractivity contribution in [2.75, 3.05) is 0 Å². The molecular formula is C13H8F6N2S2. The van der Waals surface area contributed by atoms with Gasteiger partial charge in [0, 0.05) is 0 Å². The van der Waals surface area contributed by atoms with E-state index < -0.39 is 49.8 Å². The van der Waals surface area contributed by atoms with Crippen LogP contribution in [-0.4, -0.2) is 38.4 Å². The van der Waals surface area contributed by atoms with Crippen molar-refractivity contribution in [3.05, 3.63) is 22.5 Å². The zero-order valence-corrected chi connectivity index (χ0v) is 13.3. The maximum Gasteiger partial charge on any atom is 0.380 e. The van der Waals surface area contributed by atoms with Crippen LogP contribution in [0.1, 0.15) is 13.8 Å². The molecule has 0 amide bonds. The van der Waals surface area contributed by atoms with Crippen LogP contribution in [0, 0.1) is 0 Å². The molecule has 2 aliphatic carbocycles. The number of allylic oxidation sites excluding steroid dienone is 2. The van der Waals surface area contributed by atoms with Gasteiger partial charge in [0.05, 0.1) is 43.1 Å². The first-order valence-electron chi connectivity index (χ1n) is 6.48. The number of alkyl halides is 6. The minimum Gasteiger partial charge on any atom is -0.252 e. The Morgan fingerprint density at radius 3 is 1.43 bits per heavy atom. The summed E-state index contributed by atoms with van der Waals surface area (Å²) in [7, 11) is 0. The van der Waals surface area contributed by atoms with Crippen LogP contribution >= 0.6 is 23.5 Å². The molecule has 0 aromatic rings. The summed E-state index contributed by atoms with van der Waals surface area (Å²) in [6.45, 7) is 3.08. The third-order valence-electron chi connectivity index (χ3n) is 4.89. The molecule has 0 N–H and O–H groups in total. The van der Waals surface area contributed by atoms with E-state index in [1.165, 1.54) is 24.9 Å². The first-order valence-corrected chi connectivity index (χ1v) is 8.24. The van der Waals surface area contributed by atoms with Crippen molar-refractivity contribution in [3.63, 3.8) is 0 Å². The zero-order chi connectivity index (χ0) is 17.1. The molecule has 0 bridgehead atoms. The maximum absolute atomic E-state index is 14.3. The summed E-state index contributed by atoms with van der Waals surface area (Å²) in [5, 5.41) is 0. The van der Waals surface area contributed by atoms with Gasteiger partial charge in [-0.1, -0.05) is 23.5 Å². The van der Waals surface area contributed by atoms with E-state index in [1.54, 1.807) is 0 Å². The van der Waals surface area contributed by atoms with Crippen molar-refractivity contribution < 1.29 is 26.3 Å². The highest BCUT2D eigenvalue weighted by Crippen LogP contribution is 2.71. The molecule has 1 saturated carbocycles. The van der Waals surface area contributed by atoms with E-state index in [0.717, 1.165) is 23.5 Å². The third kappa shape index (κ3) is 1.33. The van der Waals surface area contributed by atoms with E-state index in [4.69, 9.17) is 0 Å². The number of fused-ring (bicyclic) bond motifs is 4. The molecule has 0 aromatic carbocycles. The van der Waals surface area contributed by atoms with Crippen molar-refractivity contribution in [2.45, 2.75) is 41.1 Å². The number of rotatable bonds is 0. The number of halogens is 6. The Balaban J connectivity index is 2.19. The molecule has 1 fully saturated rings. The van der Waals surface area contributed by atoms with Gasteiger partial charge in [-0.15, -0.1) is 0 Å². The Hall–Kier alpha value is -0.900. The van der Waals surface area contributed by atoms with Gasteiger partial charge in [-0.2, -0.15) is 26.3 Å². The Morgan fingerprint density at radius 1 is 0.739 bits per heavy atom. The molecule has 2 nitrogen and oxygen atoms in total. The third-order valence-corrected chi connectivity index (χ3v) is 7.59. The van der Waals surface area contributed by atoms with Crippen LogP contribution in [0.2, 0.25) is 0 Å². The van der Waals surface area contributed by atoms with Gasteiger partial charge >= 0.3 is 17.8 Å². The van der Waals surface area contributed by atoms with Crippen LogP contribution in [0.15, 0.2) is 32.5 Å². The van der Waals surface area contributed by atoms with Crippen molar-refractivity contribution >= 4 is 34.6 Å². The number of hydrogen-bond donors (Lipinski definition) is 0. The van der Waals surface area contributed by atoms with E-state index in [0.29, 0.717) is 0 Å². The average molecular weight is 370 g/mol. The molecule has 10 heteroatoms. The predicted molar refractivity (Wildman–Crippen MR) is 77.9 cm³/mol. The van der Waals surface area contributed by atoms with Gasteiger partial charge in [-0.25, -0.2) is 0 Å². The second-order valence-corrected chi connectivity index (χ2v) is 8.47. The van der Waals surface area contributed by atoms with Gasteiger partial charge in [0.25, 0.3) is 0 Å². The quantitative estimate of drug-likeness (QED) is 0.587.